The van der Waals surface area contributed by atoms with Crippen molar-refractivity contribution in [1.82, 2.24) is 10.2 Å². The maximum Gasteiger partial charge on any atom is 0.322 e. The summed E-state index contributed by atoms with van der Waals surface area (Å²) in [5, 5.41) is 9.47. The molecule has 170 valence electrons. The lowest BCUT2D eigenvalue weighted by molar-refractivity contribution is -0.116. The van der Waals surface area contributed by atoms with Crippen molar-refractivity contribution in [3.05, 3.63) is 66.1 Å². The minimum absolute atomic E-state index is 0.138. The lowest BCUT2D eigenvalue weighted by Gasteiger charge is -2.08. The zero-order valence-electron chi connectivity index (χ0n) is 17.6. The summed E-state index contributed by atoms with van der Waals surface area (Å²) in [4.78, 5) is 12.5. The molecule has 9 nitrogen and oxygen atoms in total. The van der Waals surface area contributed by atoms with Crippen LogP contribution in [-0.4, -0.2) is 43.9 Å². The molecule has 0 saturated carbocycles. The van der Waals surface area contributed by atoms with Gasteiger partial charge in [-0.1, -0.05) is 35.4 Å². The van der Waals surface area contributed by atoms with Crippen molar-refractivity contribution >= 4 is 31.6 Å². The zero-order valence-corrected chi connectivity index (χ0v) is 19.2. The smallest absolute Gasteiger partial charge is 0.322 e. The number of nitrogens with zero attached hydrogens (tertiary/aromatic N) is 2. The SMILES string of the molecule is CC(C)S(=O)(=O)c1ccc(Cc2nnc(NC(=O)CCS(=O)(=O)c3ccccc3)o2)cc1. The molecule has 2 aromatic carbocycles. The molecule has 3 rings (SSSR count). The highest BCUT2D eigenvalue weighted by Crippen LogP contribution is 2.18. The minimum atomic E-state index is -3.57. The van der Waals surface area contributed by atoms with Crippen LogP contribution < -0.4 is 5.32 Å². The molecule has 1 heterocycles. The Morgan fingerprint density at radius 2 is 1.59 bits per heavy atom. The van der Waals surface area contributed by atoms with Gasteiger partial charge in [-0.25, -0.2) is 16.8 Å². The Labute approximate surface area is 186 Å². The molecule has 0 bridgehead atoms. The van der Waals surface area contributed by atoms with Crippen LogP contribution in [0, 0.1) is 0 Å². The Bertz CT molecular complexity index is 1280. The van der Waals surface area contributed by atoms with Gasteiger partial charge < -0.3 is 4.42 Å². The minimum Gasteiger partial charge on any atom is -0.407 e. The fourth-order valence-corrected chi connectivity index (χ4v) is 5.10. The van der Waals surface area contributed by atoms with E-state index < -0.39 is 30.8 Å². The molecule has 0 aliphatic rings. The third-order valence-electron chi connectivity index (χ3n) is 4.64. The first kappa shape index (κ1) is 23.6. The lowest BCUT2D eigenvalue weighted by Crippen LogP contribution is -2.17. The monoisotopic (exact) mass is 477 g/mol. The predicted octanol–water partition coefficient (Wildman–Crippen LogP) is 2.65. The molecule has 0 aliphatic carbocycles. The van der Waals surface area contributed by atoms with Crippen molar-refractivity contribution < 1.29 is 26.0 Å². The zero-order chi connectivity index (χ0) is 23.4. The molecule has 0 spiro atoms. The molecule has 0 atom stereocenters. The van der Waals surface area contributed by atoms with E-state index in [2.05, 4.69) is 15.5 Å². The molecule has 32 heavy (non-hydrogen) atoms. The number of hydrogen-bond acceptors (Lipinski definition) is 8. The summed E-state index contributed by atoms with van der Waals surface area (Å²) < 4.78 is 54.3. The number of rotatable bonds is 9. The average molecular weight is 478 g/mol. The number of hydrogen-bond donors (Lipinski definition) is 1. The quantitative estimate of drug-likeness (QED) is 0.497. The van der Waals surface area contributed by atoms with Crippen molar-refractivity contribution in [1.29, 1.82) is 0 Å². The van der Waals surface area contributed by atoms with Gasteiger partial charge in [-0.15, -0.1) is 5.10 Å². The third-order valence-corrected chi connectivity index (χ3v) is 8.54. The van der Waals surface area contributed by atoms with E-state index in [-0.39, 0.29) is 40.3 Å². The first-order valence-corrected chi connectivity index (χ1v) is 13.0. The molecule has 11 heteroatoms. The molecule has 0 saturated heterocycles. The van der Waals surface area contributed by atoms with E-state index in [4.69, 9.17) is 4.42 Å². The van der Waals surface area contributed by atoms with Gasteiger partial charge >= 0.3 is 6.01 Å². The molecule has 1 amide bonds. The van der Waals surface area contributed by atoms with Gasteiger partial charge in [0.25, 0.3) is 0 Å². The van der Waals surface area contributed by atoms with Gasteiger partial charge in [0.2, 0.25) is 11.8 Å². The summed E-state index contributed by atoms with van der Waals surface area (Å²) >= 11 is 0. The molecule has 0 unspecified atom stereocenters. The summed E-state index contributed by atoms with van der Waals surface area (Å²) in [7, 11) is -6.92. The maximum absolute atomic E-state index is 12.3. The largest absolute Gasteiger partial charge is 0.407 e. The number of sulfone groups is 2. The Kier molecular flexibility index (Phi) is 7.09. The van der Waals surface area contributed by atoms with Crippen LogP contribution in [0.4, 0.5) is 6.01 Å². The van der Waals surface area contributed by atoms with Crippen molar-refractivity contribution in [2.24, 2.45) is 0 Å². The van der Waals surface area contributed by atoms with Gasteiger partial charge in [0.15, 0.2) is 19.7 Å². The van der Waals surface area contributed by atoms with Crippen LogP contribution in [0.2, 0.25) is 0 Å². The summed E-state index contributed by atoms with van der Waals surface area (Å²) in [5.41, 5.74) is 0.753. The summed E-state index contributed by atoms with van der Waals surface area (Å²) in [6.07, 6.45) is -0.0198. The molecular formula is C21H23N3O6S2. The van der Waals surface area contributed by atoms with Crippen molar-refractivity contribution in [2.45, 2.75) is 41.7 Å². The number of benzene rings is 2. The number of amides is 1. The van der Waals surface area contributed by atoms with Crippen LogP contribution in [0.25, 0.3) is 0 Å². The van der Waals surface area contributed by atoms with E-state index >= 15 is 0 Å². The van der Waals surface area contributed by atoms with Crippen LogP contribution in [0.1, 0.15) is 31.7 Å². The van der Waals surface area contributed by atoms with E-state index in [9.17, 15) is 21.6 Å². The van der Waals surface area contributed by atoms with E-state index in [1.807, 2.05) is 0 Å². The Hall–Kier alpha value is -3.05. The standard InChI is InChI=1S/C21H23N3O6S2/c1-15(2)32(28,29)18-10-8-16(9-11-18)14-20-23-24-21(30-20)22-19(25)12-13-31(26,27)17-6-4-3-5-7-17/h3-11,15H,12-14H2,1-2H3,(H,22,24,25). The Morgan fingerprint density at radius 1 is 0.938 bits per heavy atom. The Balaban J connectivity index is 1.56. The number of nitrogens with one attached hydrogen (secondary N) is 1. The van der Waals surface area contributed by atoms with Gasteiger partial charge in [0.05, 0.1) is 27.2 Å². The van der Waals surface area contributed by atoms with Gasteiger partial charge in [0.1, 0.15) is 0 Å². The van der Waals surface area contributed by atoms with E-state index in [0.29, 0.717) is 0 Å². The molecule has 3 aromatic rings. The summed E-state index contributed by atoms with van der Waals surface area (Å²) in [5.74, 6) is -0.699. The van der Waals surface area contributed by atoms with Crippen LogP contribution in [-0.2, 0) is 30.9 Å². The second kappa shape index (κ2) is 9.61. The molecule has 1 aromatic heterocycles. The molecule has 0 radical (unpaired) electrons. The van der Waals surface area contributed by atoms with Crippen molar-refractivity contribution in [3.8, 4) is 0 Å². The fourth-order valence-electron chi connectivity index (χ4n) is 2.77. The van der Waals surface area contributed by atoms with Gasteiger partial charge in [0, 0.05) is 6.42 Å². The first-order chi connectivity index (χ1) is 15.1. The first-order valence-electron chi connectivity index (χ1n) is 9.81. The van der Waals surface area contributed by atoms with Crippen LogP contribution >= 0.6 is 0 Å². The third kappa shape index (κ3) is 5.80. The fraction of sp³-hybridized carbons (Fsp3) is 0.286. The summed E-state index contributed by atoms with van der Waals surface area (Å²) in [6.45, 7) is 3.24. The lowest BCUT2D eigenvalue weighted by atomic mass is 10.1. The van der Waals surface area contributed by atoms with Crippen molar-refractivity contribution in [3.63, 3.8) is 0 Å². The van der Waals surface area contributed by atoms with Gasteiger partial charge in [-0.3, -0.25) is 10.1 Å². The molecule has 0 fully saturated rings. The number of carbonyl (C=O) groups is 1. The highest BCUT2D eigenvalue weighted by atomic mass is 32.2. The highest BCUT2D eigenvalue weighted by molar-refractivity contribution is 7.92. The molecule has 0 aliphatic heterocycles. The summed E-state index contributed by atoms with van der Waals surface area (Å²) in [6, 6.07) is 14.1. The predicted molar refractivity (Wildman–Crippen MR) is 118 cm³/mol. The second-order valence-corrected chi connectivity index (χ2v) is 12.0. The second-order valence-electron chi connectivity index (χ2n) is 7.35. The number of aromatic nitrogens is 2. The number of carbonyl (C=O) groups excluding carboxylic acids is 1. The molecule has 1 N–H and O–H groups in total. The normalized spacial score (nSPS) is 12.1. The molecular weight excluding hydrogens is 454 g/mol. The number of anilines is 1. The highest BCUT2D eigenvalue weighted by Gasteiger charge is 2.20. The average Bonchev–Trinajstić information content (AvgIpc) is 3.20. The van der Waals surface area contributed by atoms with E-state index in [1.54, 1.807) is 44.2 Å². The van der Waals surface area contributed by atoms with Crippen LogP contribution in [0.3, 0.4) is 0 Å². The van der Waals surface area contributed by atoms with Crippen molar-refractivity contribution in [2.75, 3.05) is 11.1 Å². The van der Waals surface area contributed by atoms with Crippen LogP contribution in [0.5, 0.6) is 0 Å². The topological polar surface area (TPSA) is 136 Å². The van der Waals surface area contributed by atoms with Gasteiger partial charge in [-0.05, 0) is 43.7 Å². The van der Waals surface area contributed by atoms with E-state index in [1.165, 1.54) is 24.3 Å². The van der Waals surface area contributed by atoms with Gasteiger partial charge in [-0.2, -0.15) is 0 Å². The van der Waals surface area contributed by atoms with E-state index in [0.717, 1.165) is 5.56 Å². The Morgan fingerprint density at radius 3 is 2.22 bits per heavy atom. The maximum atomic E-state index is 12.3. The van der Waals surface area contributed by atoms with Crippen LogP contribution in [0.15, 0.2) is 68.8 Å².